The Bertz CT molecular complexity index is 959. The third kappa shape index (κ3) is 5.44. The molecule has 0 aliphatic carbocycles. The van der Waals surface area contributed by atoms with E-state index in [9.17, 15) is 14.4 Å². The van der Waals surface area contributed by atoms with Crippen LogP contribution >= 0.6 is 11.8 Å². The van der Waals surface area contributed by atoms with Gasteiger partial charge in [0.05, 0.1) is 18.7 Å². The molecular weight excluding hydrogens is 414 g/mol. The highest BCUT2D eigenvalue weighted by molar-refractivity contribution is 8.14. The van der Waals surface area contributed by atoms with Gasteiger partial charge in [0.15, 0.2) is 5.12 Å². The van der Waals surface area contributed by atoms with Crippen LogP contribution in [0.15, 0.2) is 48.8 Å². The number of ether oxygens (including phenoxy) is 1. The normalized spacial score (nSPS) is 17.2. The fourth-order valence-electron chi connectivity index (χ4n) is 3.48. The molecule has 1 saturated heterocycles. The summed E-state index contributed by atoms with van der Waals surface area (Å²) in [5.74, 6) is -0.281. The Balaban J connectivity index is 2.16. The molecule has 1 aromatic carbocycles. The van der Waals surface area contributed by atoms with Gasteiger partial charge in [-0.15, -0.1) is 0 Å². The number of rotatable bonds is 6. The maximum Gasteiger partial charge on any atom is 0.248 e. The lowest BCUT2D eigenvalue weighted by molar-refractivity contribution is -0.129. The number of anilines is 1. The van der Waals surface area contributed by atoms with Gasteiger partial charge in [-0.1, -0.05) is 30.0 Å². The maximum absolute atomic E-state index is 13.7. The Morgan fingerprint density at radius 3 is 2.55 bits per heavy atom. The van der Waals surface area contributed by atoms with Crippen LogP contribution in [0.4, 0.5) is 5.69 Å². The van der Waals surface area contributed by atoms with Crippen LogP contribution in [0.2, 0.25) is 0 Å². The molecule has 0 spiro atoms. The second-order valence-electron chi connectivity index (χ2n) is 8.39. The van der Waals surface area contributed by atoms with Crippen LogP contribution in [0, 0.1) is 5.92 Å². The minimum absolute atomic E-state index is 0.0182. The molecule has 2 unspecified atom stereocenters. The minimum Gasteiger partial charge on any atom is -0.495 e. The first kappa shape index (κ1) is 22.8. The highest BCUT2D eigenvalue weighted by atomic mass is 32.2. The van der Waals surface area contributed by atoms with Crippen LogP contribution in [0.1, 0.15) is 38.8 Å². The average Bonchev–Trinajstić information content (AvgIpc) is 3.17. The number of benzene rings is 1. The van der Waals surface area contributed by atoms with Crippen LogP contribution in [-0.2, 0) is 14.4 Å². The van der Waals surface area contributed by atoms with Crippen molar-refractivity contribution in [3.05, 3.63) is 54.4 Å². The van der Waals surface area contributed by atoms with E-state index in [2.05, 4.69) is 10.3 Å². The molecule has 0 radical (unpaired) electrons. The van der Waals surface area contributed by atoms with Gasteiger partial charge in [0.25, 0.3) is 0 Å². The lowest BCUT2D eigenvalue weighted by Crippen LogP contribution is -2.50. The van der Waals surface area contributed by atoms with Crippen LogP contribution < -0.4 is 15.0 Å². The minimum atomic E-state index is -0.975. The molecule has 2 aromatic rings. The molecule has 7 nitrogen and oxygen atoms in total. The van der Waals surface area contributed by atoms with Gasteiger partial charge in [0.2, 0.25) is 11.8 Å². The third-order valence-electron chi connectivity index (χ3n) is 4.79. The topological polar surface area (TPSA) is 88.6 Å². The number of pyridine rings is 1. The number of carbonyl (C=O) groups is 3. The average molecular weight is 442 g/mol. The Kier molecular flexibility index (Phi) is 7.00. The zero-order valence-corrected chi connectivity index (χ0v) is 18.9. The van der Waals surface area contributed by atoms with Crippen molar-refractivity contribution in [2.45, 2.75) is 38.8 Å². The molecular formula is C23H27N3O4S. The van der Waals surface area contributed by atoms with Gasteiger partial charge in [0, 0.05) is 35.7 Å². The quantitative estimate of drug-likeness (QED) is 0.740. The van der Waals surface area contributed by atoms with Crippen molar-refractivity contribution in [3.63, 3.8) is 0 Å². The van der Waals surface area contributed by atoms with Crippen LogP contribution in [0.5, 0.6) is 5.75 Å². The first-order valence-corrected chi connectivity index (χ1v) is 11.0. The number of para-hydroxylation sites is 2. The monoisotopic (exact) mass is 441 g/mol. The number of aromatic nitrogens is 1. The van der Waals surface area contributed by atoms with Gasteiger partial charge < -0.3 is 10.1 Å². The molecule has 2 amide bonds. The van der Waals surface area contributed by atoms with E-state index in [1.807, 2.05) is 20.8 Å². The van der Waals surface area contributed by atoms with E-state index < -0.39 is 17.5 Å². The predicted octanol–water partition coefficient (Wildman–Crippen LogP) is 3.36. The van der Waals surface area contributed by atoms with Gasteiger partial charge in [0.1, 0.15) is 11.8 Å². The van der Waals surface area contributed by atoms with Crippen LogP contribution in [0.25, 0.3) is 0 Å². The summed E-state index contributed by atoms with van der Waals surface area (Å²) in [7, 11) is 1.52. The molecule has 1 aliphatic rings. The second kappa shape index (κ2) is 9.51. The number of hydrogen-bond donors (Lipinski definition) is 1. The number of nitrogens with zero attached hydrogens (tertiary/aromatic N) is 2. The van der Waals surface area contributed by atoms with Gasteiger partial charge in [-0.3, -0.25) is 24.3 Å². The van der Waals surface area contributed by atoms with Gasteiger partial charge in [-0.25, -0.2) is 0 Å². The summed E-state index contributed by atoms with van der Waals surface area (Å²) in [6.07, 6.45) is 3.34. The number of hydrogen-bond acceptors (Lipinski definition) is 6. The van der Waals surface area contributed by atoms with E-state index in [4.69, 9.17) is 4.74 Å². The Labute approximate surface area is 186 Å². The van der Waals surface area contributed by atoms with Crippen molar-refractivity contribution in [1.82, 2.24) is 10.3 Å². The van der Waals surface area contributed by atoms with E-state index >= 15 is 0 Å². The van der Waals surface area contributed by atoms with Crippen LogP contribution in [0.3, 0.4) is 0 Å². The summed E-state index contributed by atoms with van der Waals surface area (Å²) in [6.45, 7) is 5.65. The highest BCUT2D eigenvalue weighted by Crippen LogP contribution is 2.38. The maximum atomic E-state index is 13.7. The molecule has 0 saturated carbocycles. The SMILES string of the molecule is COc1ccccc1N(C(=O)C1CSC(=O)C1)C(C(=O)NC(C)(C)C)c1cccnc1. The number of methoxy groups -OCH3 is 1. The first-order chi connectivity index (χ1) is 14.7. The molecule has 164 valence electrons. The molecule has 2 heterocycles. The first-order valence-electron chi connectivity index (χ1n) is 10.0. The fourth-order valence-corrected chi connectivity index (χ4v) is 4.44. The summed E-state index contributed by atoms with van der Waals surface area (Å²) in [6, 6.07) is 9.59. The summed E-state index contributed by atoms with van der Waals surface area (Å²) < 4.78 is 5.51. The Hall–Kier alpha value is -2.87. The van der Waals surface area contributed by atoms with Crippen molar-refractivity contribution in [1.29, 1.82) is 0 Å². The third-order valence-corrected chi connectivity index (χ3v) is 5.85. The smallest absolute Gasteiger partial charge is 0.248 e. The lowest BCUT2D eigenvalue weighted by atomic mass is 9.99. The van der Waals surface area contributed by atoms with Gasteiger partial charge in [-0.05, 0) is 39.0 Å². The summed E-state index contributed by atoms with van der Waals surface area (Å²) in [5.41, 5.74) is 0.532. The van der Waals surface area contributed by atoms with E-state index in [0.717, 1.165) is 11.8 Å². The summed E-state index contributed by atoms with van der Waals surface area (Å²) in [5, 5.41) is 2.97. The number of amides is 2. The summed E-state index contributed by atoms with van der Waals surface area (Å²) >= 11 is 1.15. The van der Waals surface area contributed by atoms with E-state index in [-0.39, 0.29) is 23.4 Å². The van der Waals surface area contributed by atoms with Gasteiger partial charge >= 0.3 is 0 Å². The van der Waals surface area contributed by atoms with Crippen molar-refractivity contribution in [2.75, 3.05) is 17.8 Å². The molecule has 1 N–H and O–H groups in total. The van der Waals surface area contributed by atoms with Crippen molar-refractivity contribution < 1.29 is 19.1 Å². The van der Waals surface area contributed by atoms with Crippen molar-refractivity contribution in [2.24, 2.45) is 5.92 Å². The highest BCUT2D eigenvalue weighted by Gasteiger charge is 2.40. The number of thioether (sulfide) groups is 1. The Morgan fingerprint density at radius 2 is 1.97 bits per heavy atom. The molecule has 0 bridgehead atoms. The van der Waals surface area contributed by atoms with E-state index in [1.165, 1.54) is 12.0 Å². The molecule has 1 aliphatic heterocycles. The molecule has 1 aromatic heterocycles. The molecule has 31 heavy (non-hydrogen) atoms. The van der Waals surface area contributed by atoms with Gasteiger partial charge in [-0.2, -0.15) is 0 Å². The zero-order chi connectivity index (χ0) is 22.6. The molecule has 3 rings (SSSR count). The molecule has 8 heteroatoms. The van der Waals surface area contributed by atoms with E-state index in [0.29, 0.717) is 22.8 Å². The summed E-state index contributed by atoms with van der Waals surface area (Å²) in [4.78, 5) is 44.8. The van der Waals surface area contributed by atoms with Crippen molar-refractivity contribution in [3.8, 4) is 5.75 Å². The standard InChI is InChI=1S/C23H27N3O4S/c1-23(2,3)25-21(28)20(15-8-7-11-24-13-15)26(17-9-5-6-10-18(17)30-4)22(29)16-12-19(27)31-14-16/h5-11,13,16,20H,12,14H2,1-4H3,(H,25,28). The molecule has 1 fully saturated rings. The second-order valence-corrected chi connectivity index (χ2v) is 9.47. The van der Waals surface area contributed by atoms with Crippen LogP contribution in [-0.4, -0.2) is 40.3 Å². The largest absolute Gasteiger partial charge is 0.495 e. The van der Waals surface area contributed by atoms with Crippen molar-refractivity contribution >= 4 is 34.4 Å². The van der Waals surface area contributed by atoms with E-state index in [1.54, 1.807) is 48.8 Å². The number of carbonyl (C=O) groups excluding carboxylic acids is 3. The lowest BCUT2D eigenvalue weighted by Gasteiger charge is -2.35. The fraction of sp³-hybridized carbons (Fsp3) is 0.391. The molecule has 2 atom stereocenters. The number of nitrogens with one attached hydrogen (secondary N) is 1. The predicted molar refractivity (Wildman–Crippen MR) is 121 cm³/mol. The zero-order valence-electron chi connectivity index (χ0n) is 18.1. The Morgan fingerprint density at radius 1 is 1.23 bits per heavy atom.